The van der Waals surface area contributed by atoms with Crippen LogP contribution in [0.1, 0.15) is 44.9 Å². The monoisotopic (exact) mass is 668 g/mol. The Balaban J connectivity index is 0.000000409. The molecule has 3 aliphatic carbocycles. The molecule has 0 aromatic carbocycles. The SMILES string of the molecule is C=C1C=CC(=O)N1CCC1(C(=O)NN=C2CC(C(=O)O)(C(=O)O)C2)CC1.[NH-]C[C@@H]1CC[C@H]1C[NH-].[Pt+2]. The summed E-state index contributed by atoms with van der Waals surface area (Å²) in [5.74, 6) is -2.10. The molecule has 0 spiro atoms. The third-order valence-corrected chi connectivity index (χ3v) is 7.43. The number of hydrazone groups is 1. The molecule has 0 saturated heterocycles. The normalized spacial score (nSPS) is 24.7. The predicted molar refractivity (Wildman–Crippen MR) is 123 cm³/mol. The van der Waals surface area contributed by atoms with E-state index < -0.39 is 22.8 Å². The summed E-state index contributed by atoms with van der Waals surface area (Å²) >= 11 is 0. The molecule has 0 unspecified atom stereocenters. The zero-order valence-electron chi connectivity index (χ0n) is 19.3. The summed E-state index contributed by atoms with van der Waals surface area (Å²) in [6, 6.07) is 0. The molecule has 11 nitrogen and oxygen atoms in total. The molecule has 35 heavy (non-hydrogen) atoms. The van der Waals surface area contributed by atoms with Gasteiger partial charge in [0.2, 0.25) is 5.91 Å². The van der Waals surface area contributed by atoms with E-state index in [-0.39, 0.29) is 45.7 Å². The van der Waals surface area contributed by atoms with Crippen molar-refractivity contribution >= 4 is 29.5 Å². The Morgan fingerprint density at radius 3 is 2.00 bits per heavy atom. The number of carboxylic acid groups (broad SMARTS) is 2. The summed E-state index contributed by atoms with van der Waals surface area (Å²) in [6.07, 6.45) is 6.85. The molecular formula is C23H31N5O6Pt. The second kappa shape index (κ2) is 11.6. The fourth-order valence-corrected chi connectivity index (χ4v) is 4.35. The molecule has 0 aromatic rings. The minimum absolute atomic E-state index is 0. The number of hydrogen-bond donors (Lipinski definition) is 3. The van der Waals surface area contributed by atoms with Crippen LogP contribution < -0.4 is 5.43 Å². The molecule has 4 rings (SSSR count). The number of nitrogens with one attached hydrogen (secondary N) is 3. The largest absolute Gasteiger partial charge is 2.00 e. The van der Waals surface area contributed by atoms with Crippen LogP contribution in [-0.4, -0.2) is 64.2 Å². The van der Waals surface area contributed by atoms with Crippen molar-refractivity contribution in [2.75, 3.05) is 19.6 Å². The van der Waals surface area contributed by atoms with Gasteiger partial charge in [0.25, 0.3) is 5.91 Å². The molecule has 0 radical (unpaired) electrons. The quantitative estimate of drug-likeness (QED) is 0.251. The molecule has 1 aliphatic heterocycles. The number of nitrogens with zero attached hydrogens (tertiary/aromatic N) is 2. The van der Waals surface area contributed by atoms with Crippen LogP contribution >= 0.6 is 0 Å². The number of carbonyl (C=O) groups is 4. The van der Waals surface area contributed by atoms with Gasteiger partial charge in [-0.1, -0.05) is 31.3 Å². The first kappa shape index (κ1) is 28.9. The Morgan fingerprint density at radius 2 is 1.63 bits per heavy atom. The van der Waals surface area contributed by atoms with E-state index in [1.165, 1.54) is 23.8 Å². The van der Waals surface area contributed by atoms with Crippen LogP contribution in [0.5, 0.6) is 0 Å². The minimum Gasteiger partial charge on any atom is -0.677 e. The van der Waals surface area contributed by atoms with Gasteiger partial charge in [-0.15, -0.1) is 13.1 Å². The Kier molecular flexibility index (Phi) is 9.55. The topological polar surface area (TPSA) is 184 Å². The van der Waals surface area contributed by atoms with E-state index in [1.807, 2.05) is 0 Å². The maximum Gasteiger partial charge on any atom is 2.00 e. The Bertz CT molecular complexity index is 889. The number of amides is 2. The molecular weight excluding hydrogens is 637 g/mol. The molecule has 3 saturated carbocycles. The fourth-order valence-electron chi connectivity index (χ4n) is 4.35. The van der Waals surface area contributed by atoms with E-state index in [0.29, 0.717) is 62.1 Å². The van der Waals surface area contributed by atoms with Crippen LogP contribution in [0.2, 0.25) is 0 Å². The number of carboxylic acids is 2. The van der Waals surface area contributed by atoms with Crippen molar-refractivity contribution in [3.05, 3.63) is 35.9 Å². The average molecular weight is 669 g/mol. The van der Waals surface area contributed by atoms with Gasteiger partial charge >= 0.3 is 33.0 Å². The maximum atomic E-state index is 12.4. The van der Waals surface area contributed by atoms with E-state index in [1.54, 1.807) is 6.08 Å². The average Bonchev–Trinajstić information content (AvgIpc) is 3.45. The van der Waals surface area contributed by atoms with Crippen molar-refractivity contribution in [1.29, 1.82) is 0 Å². The molecule has 12 heteroatoms. The molecule has 5 N–H and O–H groups in total. The van der Waals surface area contributed by atoms with E-state index >= 15 is 0 Å². The zero-order chi connectivity index (χ0) is 25.1. The van der Waals surface area contributed by atoms with E-state index in [0.717, 1.165) is 0 Å². The number of allylic oxidation sites excluding steroid dienone is 1. The van der Waals surface area contributed by atoms with Crippen molar-refractivity contribution < 1.29 is 50.5 Å². The van der Waals surface area contributed by atoms with Gasteiger partial charge in [0, 0.05) is 36.9 Å². The molecule has 3 fully saturated rings. The van der Waals surface area contributed by atoms with Crippen LogP contribution in [0.25, 0.3) is 11.5 Å². The summed E-state index contributed by atoms with van der Waals surface area (Å²) in [5.41, 5.74) is 14.9. The Hall–Kier alpha value is -2.36. The van der Waals surface area contributed by atoms with Crippen LogP contribution in [0.4, 0.5) is 0 Å². The van der Waals surface area contributed by atoms with Gasteiger partial charge in [0.05, 0.1) is 5.41 Å². The van der Waals surface area contributed by atoms with Crippen molar-refractivity contribution in [1.82, 2.24) is 10.3 Å². The number of hydrogen-bond acceptors (Lipinski definition) is 5. The van der Waals surface area contributed by atoms with Gasteiger partial charge in [0.15, 0.2) is 5.41 Å². The fraction of sp³-hybridized carbons (Fsp3) is 0.609. The van der Waals surface area contributed by atoms with Gasteiger partial charge in [-0.05, 0) is 25.3 Å². The first-order valence-electron chi connectivity index (χ1n) is 11.4. The third kappa shape index (κ3) is 6.07. The summed E-state index contributed by atoms with van der Waals surface area (Å²) < 4.78 is 0. The molecule has 1 heterocycles. The summed E-state index contributed by atoms with van der Waals surface area (Å²) in [5, 5.41) is 22.0. The molecule has 194 valence electrons. The van der Waals surface area contributed by atoms with Crippen LogP contribution in [0.3, 0.4) is 0 Å². The van der Waals surface area contributed by atoms with E-state index in [4.69, 9.17) is 21.7 Å². The smallest absolute Gasteiger partial charge is 0.677 e. The predicted octanol–water partition coefficient (Wildman–Crippen LogP) is 2.60. The molecule has 2 amide bonds. The Morgan fingerprint density at radius 1 is 1.09 bits per heavy atom. The summed E-state index contributed by atoms with van der Waals surface area (Å²) in [7, 11) is 0. The van der Waals surface area contributed by atoms with Gasteiger partial charge in [0.1, 0.15) is 0 Å². The van der Waals surface area contributed by atoms with Gasteiger partial charge in [-0.3, -0.25) is 19.2 Å². The van der Waals surface area contributed by atoms with Crippen molar-refractivity contribution in [3.63, 3.8) is 0 Å². The molecule has 0 aromatic heterocycles. The van der Waals surface area contributed by atoms with Crippen molar-refractivity contribution in [2.24, 2.45) is 27.8 Å². The van der Waals surface area contributed by atoms with E-state index in [2.05, 4.69) is 17.1 Å². The Labute approximate surface area is 218 Å². The molecule has 0 bridgehead atoms. The van der Waals surface area contributed by atoms with Crippen molar-refractivity contribution in [3.8, 4) is 0 Å². The molecule has 4 aliphatic rings. The maximum absolute atomic E-state index is 12.4. The van der Waals surface area contributed by atoms with Crippen LogP contribution in [0, 0.1) is 22.7 Å². The standard InChI is InChI=1S/C17H19N3O6.C6H12N2.Pt/c1-10-2-3-12(21)20(10)7-6-16(4-5-16)13(22)19-18-11-8-17(9-11,14(23)24)15(25)26;7-3-5-1-2-6(5)4-8;/h2-3H,1,4-9H2,(H,19,22)(H,23,24)(H,25,26);5-8H,1-4H2;/q;-2;+2/t;5-,6-;/m.0./s1. The van der Waals surface area contributed by atoms with E-state index in [9.17, 15) is 19.2 Å². The minimum atomic E-state index is -1.84. The van der Waals surface area contributed by atoms with Gasteiger partial charge in [-0.25, -0.2) is 5.43 Å². The van der Waals surface area contributed by atoms with Gasteiger partial charge < -0.3 is 26.6 Å². The number of aliphatic carboxylic acids is 2. The van der Waals surface area contributed by atoms with Gasteiger partial charge in [-0.2, -0.15) is 5.10 Å². The number of carbonyl (C=O) groups excluding carboxylic acids is 2. The first-order chi connectivity index (χ1) is 16.1. The second-order valence-electron chi connectivity index (χ2n) is 9.52. The second-order valence-corrected chi connectivity index (χ2v) is 9.52. The van der Waals surface area contributed by atoms with Crippen LogP contribution in [-0.2, 0) is 40.2 Å². The first-order valence-corrected chi connectivity index (χ1v) is 11.4. The third-order valence-electron chi connectivity index (χ3n) is 7.43. The zero-order valence-corrected chi connectivity index (χ0v) is 21.6. The van der Waals surface area contributed by atoms with Crippen LogP contribution in [0.15, 0.2) is 29.5 Å². The van der Waals surface area contributed by atoms with Crippen molar-refractivity contribution in [2.45, 2.75) is 44.9 Å². The summed E-state index contributed by atoms with van der Waals surface area (Å²) in [4.78, 5) is 47.8. The summed E-state index contributed by atoms with van der Waals surface area (Å²) in [6.45, 7) is 5.25. The molecule has 2 atom stereocenters. The number of rotatable bonds is 9.